The van der Waals surface area contributed by atoms with Crippen molar-refractivity contribution in [2.45, 2.75) is 0 Å². The molecule has 0 amide bonds. The molecular weight excluding hydrogens is 505 g/mol. The molecule has 14 heteroatoms. The number of carbonyl (C=O) groups is 2. The number of carbonyl (C=O) groups excluding carboxylic acids is 1. The topological polar surface area (TPSA) is 177 Å². The number of carboxylic acids is 1. The maximum absolute atomic E-state index is 12.7. The van der Waals surface area contributed by atoms with Crippen LogP contribution in [0.4, 0.5) is 0 Å². The Balaban J connectivity index is 1.71. The van der Waals surface area contributed by atoms with Crippen molar-refractivity contribution in [1.82, 2.24) is 24.7 Å². The first-order valence-corrected chi connectivity index (χ1v) is 10.2. The Morgan fingerprint density at radius 2 is 1.69 bits per heavy atom. The molecule has 0 unspecified atom stereocenters. The van der Waals surface area contributed by atoms with E-state index in [4.69, 9.17) is 33.0 Å². The predicted octanol–water partition coefficient (Wildman–Crippen LogP) is 2.44. The number of aromatic amines is 1. The Labute approximate surface area is 204 Å². The second-order valence-electron chi connectivity index (χ2n) is 6.75. The highest BCUT2D eigenvalue weighted by molar-refractivity contribution is 6.37. The molecule has 2 aromatic heterocycles. The molecule has 0 aliphatic carbocycles. The smallest absolute Gasteiger partial charge is 0.362 e. The van der Waals surface area contributed by atoms with Gasteiger partial charge in [-0.05, 0) is 12.1 Å². The number of halogens is 2. The van der Waals surface area contributed by atoms with E-state index < -0.39 is 34.4 Å². The zero-order chi connectivity index (χ0) is 25.3. The molecular formula is C21H11Cl2N5O7. The van der Waals surface area contributed by atoms with E-state index in [0.29, 0.717) is 4.68 Å². The largest absolute Gasteiger partial charge is 0.504 e. The van der Waals surface area contributed by atoms with E-state index in [2.05, 4.69) is 15.1 Å². The van der Waals surface area contributed by atoms with Crippen LogP contribution in [0.1, 0.15) is 26.5 Å². The normalized spacial score (nSPS) is 10.7. The first-order chi connectivity index (χ1) is 16.7. The molecule has 0 aliphatic heterocycles. The van der Waals surface area contributed by atoms with E-state index in [1.165, 1.54) is 0 Å². The summed E-state index contributed by atoms with van der Waals surface area (Å²) in [6.07, 6.45) is 0.964. The molecule has 35 heavy (non-hydrogen) atoms. The molecule has 0 aliphatic rings. The number of ether oxygens (including phenoxy) is 1. The fourth-order valence-corrected chi connectivity index (χ4v) is 3.43. The number of hydrogen-bond acceptors (Lipinski definition) is 9. The molecule has 3 N–H and O–H groups in total. The number of ketones is 1. The zero-order valence-corrected chi connectivity index (χ0v) is 18.6. The van der Waals surface area contributed by atoms with Crippen LogP contribution in [0.15, 0.2) is 58.3 Å². The maximum Gasteiger partial charge on any atom is 0.362 e. The van der Waals surface area contributed by atoms with Crippen LogP contribution in [0.25, 0.3) is 5.69 Å². The van der Waals surface area contributed by atoms with E-state index in [1.807, 2.05) is 4.98 Å². The molecule has 176 valence electrons. The van der Waals surface area contributed by atoms with Crippen molar-refractivity contribution in [3.8, 4) is 23.2 Å². The van der Waals surface area contributed by atoms with Crippen molar-refractivity contribution in [1.29, 1.82) is 0 Å². The molecule has 0 saturated carbocycles. The first-order valence-electron chi connectivity index (χ1n) is 9.45. The van der Waals surface area contributed by atoms with Gasteiger partial charge in [0.05, 0.1) is 21.9 Å². The van der Waals surface area contributed by atoms with E-state index in [-0.39, 0.29) is 38.8 Å². The molecule has 0 fully saturated rings. The summed E-state index contributed by atoms with van der Waals surface area (Å²) in [5.41, 5.74) is -3.27. The number of aromatic hydroxyl groups is 1. The SMILES string of the molecule is O=C(c1ccccc1)c1nc(Oc2c(Cl)cc(-n3nc(C(=O)O)c(=O)[nH]c3=O)cc2Cl)ncc1O. The van der Waals surface area contributed by atoms with Crippen molar-refractivity contribution in [2.24, 2.45) is 0 Å². The lowest BCUT2D eigenvalue weighted by molar-refractivity contribution is 0.0685. The first kappa shape index (κ1) is 23.6. The van der Waals surface area contributed by atoms with Gasteiger partial charge < -0.3 is 14.9 Å². The summed E-state index contributed by atoms with van der Waals surface area (Å²) >= 11 is 12.5. The number of aromatic carboxylic acids is 1. The van der Waals surface area contributed by atoms with Gasteiger partial charge in [0.15, 0.2) is 17.2 Å². The van der Waals surface area contributed by atoms with Gasteiger partial charge in [0.2, 0.25) is 11.5 Å². The minimum Gasteiger partial charge on any atom is -0.504 e. The Hall–Kier alpha value is -4.55. The van der Waals surface area contributed by atoms with Gasteiger partial charge in [-0.25, -0.2) is 9.59 Å². The van der Waals surface area contributed by atoms with Gasteiger partial charge in [0, 0.05) is 5.56 Å². The number of nitrogens with zero attached hydrogens (tertiary/aromatic N) is 4. The van der Waals surface area contributed by atoms with Crippen LogP contribution in [0.2, 0.25) is 10.0 Å². The van der Waals surface area contributed by atoms with Crippen LogP contribution >= 0.6 is 23.2 Å². The van der Waals surface area contributed by atoms with E-state index in [1.54, 1.807) is 30.3 Å². The third-order valence-electron chi connectivity index (χ3n) is 4.45. The van der Waals surface area contributed by atoms with Crippen molar-refractivity contribution in [3.63, 3.8) is 0 Å². The lowest BCUT2D eigenvalue weighted by Gasteiger charge is -2.12. The minimum atomic E-state index is -1.65. The maximum atomic E-state index is 12.7. The average Bonchev–Trinajstić information content (AvgIpc) is 2.82. The molecule has 0 bridgehead atoms. The molecule has 0 spiro atoms. The third-order valence-corrected chi connectivity index (χ3v) is 5.01. The van der Waals surface area contributed by atoms with Crippen LogP contribution in [0.5, 0.6) is 17.5 Å². The lowest BCUT2D eigenvalue weighted by Crippen LogP contribution is -2.35. The number of nitrogens with one attached hydrogen (secondary N) is 1. The number of rotatable bonds is 6. The monoisotopic (exact) mass is 515 g/mol. The van der Waals surface area contributed by atoms with Crippen LogP contribution in [-0.2, 0) is 0 Å². The van der Waals surface area contributed by atoms with Crippen LogP contribution in [0, 0.1) is 0 Å². The molecule has 12 nitrogen and oxygen atoms in total. The predicted molar refractivity (Wildman–Crippen MR) is 121 cm³/mol. The summed E-state index contributed by atoms with van der Waals surface area (Å²) in [6, 6.07) is 10.1. The lowest BCUT2D eigenvalue weighted by atomic mass is 10.1. The second-order valence-corrected chi connectivity index (χ2v) is 7.56. The van der Waals surface area contributed by atoms with Crippen molar-refractivity contribution in [3.05, 3.63) is 96.5 Å². The summed E-state index contributed by atoms with van der Waals surface area (Å²) in [6.45, 7) is 0. The zero-order valence-electron chi connectivity index (χ0n) is 17.1. The van der Waals surface area contributed by atoms with Gasteiger partial charge in [0.25, 0.3) is 5.56 Å². The number of hydrogen-bond donors (Lipinski definition) is 3. The number of benzene rings is 2. The minimum absolute atomic E-state index is 0.0809. The molecule has 0 radical (unpaired) electrons. The molecule has 2 heterocycles. The molecule has 2 aromatic carbocycles. The fourth-order valence-electron chi connectivity index (χ4n) is 2.87. The summed E-state index contributed by atoms with van der Waals surface area (Å²) in [5, 5.41) is 22.3. The molecule has 0 atom stereocenters. The number of carboxylic acid groups (broad SMARTS) is 1. The summed E-state index contributed by atoms with van der Waals surface area (Å²) in [5.74, 6) is -2.88. The van der Waals surface area contributed by atoms with E-state index in [0.717, 1.165) is 18.3 Å². The Kier molecular flexibility index (Phi) is 6.32. The Bertz CT molecular complexity index is 1580. The van der Waals surface area contributed by atoms with Gasteiger partial charge in [0.1, 0.15) is 0 Å². The highest BCUT2D eigenvalue weighted by atomic mass is 35.5. The summed E-state index contributed by atoms with van der Waals surface area (Å²) in [4.78, 5) is 57.1. The van der Waals surface area contributed by atoms with E-state index >= 15 is 0 Å². The summed E-state index contributed by atoms with van der Waals surface area (Å²) in [7, 11) is 0. The van der Waals surface area contributed by atoms with Gasteiger partial charge in [-0.3, -0.25) is 14.6 Å². The fraction of sp³-hybridized carbons (Fsp3) is 0. The van der Waals surface area contributed by atoms with Crippen LogP contribution < -0.4 is 16.0 Å². The van der Waals surface area contributed by atoms with Crippen molar-refractivity contribution in [2.75, 3.05) is 0 Å². The van der Waals surface area contributed by atoms with Crippen molar-refractivity contribution < 1.29 is 24.5 Å². The van der Waals surface area contributed by atoms with Crippen LogP contribution in [0.3, 0.4) is 0 Å². The van der Waals surface area contributed by atoms with Gasteiger partial charge in [-0.15, -0.1) is 0 Å². The standard InChI is InChI=1S/C21H11Cl2N5O7/c22-11-6-10(28-21(34)26-18(31)15(27-28)19(32)33)7-12(23)17(11)35-20-24-8-13(29)14(25-20)16(30)9-4-2-1-3-5-9/h1-8,29H,(H,32,33)(H,26,31,34). The highest BCUT2D eigenvalue weighted by Gasteiger charge is 2.21. The number of aromatic nitrogens is 5. The van der Waals surface area contributed by atoms with E-state index in [9.17, 15) is 24.3 Å². The average molecular weight is 516 g/mol. The third kappa shape index (κ3) is 4.74. The molecule has 0 saturated heterocycles. The van der Waals surface area contributed by atoms with Gasteiger partial charge in [-0.1, -0.05) is 53.5 Å². The molecule has 4 rings (SSSR count). The van der Waals surface area contributed by atoms with Gasteiger partial charge in [-0.2, -0.15) is 19.7 Å². The van der Waals surface area contributed by atoms with Gasteiger partial charge >= 0.3 is 17.7 Å². The molecule has 4 aromatic rings. The Morgan fingerprint density at radius 3 is 2.31 bits per heavy atom. The number of H-pyrrole nitrogens is 1. The summed E-state index contributed by atoms with van der Waals surface area (Å²) < 4.78 is 6.10. The highest BCUT2D eigenvalue weighted by Crippen LogP contribution is 2.37. The van der Waals surface area contributed by atoms with Crippen molar-refractivity contribution >= 4 is 35.0 Å². The van der Waals surface area contributed by atoms with Crippen LogP contribution in [-0.4, -0.2) is 46.7 Å². The quantitative estimate of drug-likeness (QED) is 0.323. The Morgan fingerprint density at radius 1 is 1.03 bits per heavy atom. The second kappa shape index (κ2) is 9.37.